The van der Waals surface area contributed by atoms with Gasteiger partial charge in [-0.15, -0.1) is 0 Å². The van der Waals surface area contributed by atoms with Crippen molar-refractivity contribution in [3.8, 4) is 5.75 Å². The Hall–Kier alpha value is -2.04. The molecule has 140 valence electrons. The van der Waals surface area contributed by atoms with E-state index in [-0.39, 0.29) is 5.54 Å². The van der Waals surface area contributed by atoms with Gasteiger partial charge >= 0.3 is 0 Å². The quantitative estimate of drug-likeness (QED) is 0.608. The summed E-state index contributed by atoms with van der Waals surface area (Å²) in [6, 6.07) is 16.3. The maximum atomic E-state index is 5.86. The van der Waals surface area contributed by atoms with Crippen LogP contribution in [0.4, 0.5) is 5.69 Å². The van der Waals surface area contributed by atoms with Gasteiger partial charge in [0.25, 0.3) is 0 Å². The van der Waals surface area contributed by atoms with E-state index in [1.54, 1.807) is 0 Å². The smallest absolute Gasteiger partial charge is 0.119 e. The van der Waals surface area contributed by atoms with Crippen molar-refractivity contribution in [2.24, 2.45) is 0 Å². The lowest BCUT2D eigenvalue weighted by atomic mass is 9.99. The SMILES string of the molecule is CC(C)(C)N1CC(OCCOc2ccc(Cc3ccc(N)cc3)cc2)C1. The average molecular weight is 354 g/mol. The van der Waals surface area contributed by atoms with Gasteiger partial charge in [0.05, 0.1) is 12.7 Å². The fourth-order valence-corrected chi connectivity index (χ4v) is 3.04. The van der Waals surface area contributed by atoms with Gasteiger partial charge in [-0.3, -0.25) is 4.90 Å². The summed E-state index contributed by atoms with van der Waals surface area (Å²) in [6.45, 7) is 9.97. The number of ether oxygens (including phenoxy) is 2. The molecule has 2 aromatic rings. The number of nitrogens with zero attached hydrogens (tertiary/aromatic N) is 1. The van der Waals surface area contributed by atoms with E-state index in [1.807, 2.05) is 24.3 Å². The van der Waals surface area contributed by atoms with Crippen LogP contribution in [0.25, 0.3) is 0 Å². The summed E-state index contributed by atoms with van der Waals surface area (Å²) in [4.78, 5) is 2.43. The second-order valence-corrected chi connectivity index (χ2v) is 7.98. The van der Waals surface area contributed by atoms with E-state index in [0.717, 1.165) is 30.9 Å². The summed E-state index contributed by atoms with van der Waals surface area (Å²) >= 11 is 0. The van der Waals surface area contributed by atoms with Gasteiger partial charge in [0.2, 0.25) is 0 Å². The number of rotatable bonds is 7. The second kappa shape index (κ2) is 8.11. The zero-order valence-electron chi connectivity index (χ0n) is 16.1. The molecule has 0 aliphatic carbocycles. The molecule has 26 heavy (non-hydrogen) atoms. The zero-order valence-corrected chi connectivity index (χ0v) is 16.1. The van der Waals surface area contributed by atoms with Gasteiger partial charge in [0.1, 0.15) is 12.4 Å². The van der Waals surface area contributed by atoms with Crippen LogP contribution in [0.5, 0.6) is 5.75 Å². The first-order valence-corrected chi connectivity index (χ1v) is 9.33. The van der Waals surface area contributed by atoms with Crippen LogP contribution in [0.2, 0.25) is 0 Å². The minimum atomic E-state index is 0.241. The molecule has 3 rings (SSSR count). The molecular formula is C22H30N2O2. The highest BCUT2D eigenvalue weighted by Gasteiger charge is 2.34. The number of anilines is 1. The molecule has 0 amide bonds. The van der Waals surface area contributed by atoms with Gasteiger partial charge in [-0.25, -0.2) is 0 Å². The fraction of sp³-hybridized carbons (Fsp3) is 0.455. The van der Waals surface area contributed by atoms with Crippen molar-refractivity contribution in [1.82, 2.24) is 4.90 Å². The molecule has 0 aromatic heterocycles. The first kappa shape index (κ1) is 18.7. The van der Waals surface area contributed by atoms with E-state index in [1.165, 1.54) is 11.1 Å². The summed E-state index contributed by atoms with van der Waals surface area (Å²) in [7, 11) is 0. The lowest BCUT2D eigenvalue weighted by Gasteiger charge is -2.47. The van der Waals surface area contributed by atoms with Crippen molar-refractivity contribution in [2.75, 3.05) is 32.0 Å². The lowest BCUT2D eigenvalue weighted by molar-refractivity contribution is -0.0930. The highest BCUT2D eigenvalue weighted by Crippen LogP contribution is 2.22. The Labute approximate surface area is 156 Å². The largest absolute Gasteiger partial charge is 0.491 e. The van der Waals surface area contributed by atoms with Gasteiger partial charge in [0.15, 0.2) is 0 Å². The maximum absolute atomic E-state index is 5.86. The highest BCUT2D eigenvalue weighted by molar-refractivity contribution is 5.41. The second-order valence-electron chi connectivity index (χ2n) is 7.98. The Morgan fingerprint density at radius 2 is 1.50 bits per heavy atom. The van der Waals surface area contributed by atoms with Crippen LogP contribution in [-0.4, -0.2) is 42.8 Å². The molecule has 0 unspecified atom stereocenters. The molecule has 1 aliphatic rings. The first-order chi connectivity index (χ1) is 12.4. The summed E-state index contributed by atoms with van der Waals surface area (Å²) in [5, 5.41) is 0. The standard InChI is InChI=1S/C22H30N2O2/c1-22(2,3)24-15-21(16-24)26-13-12-25-20-10-6-18(7-11-20)14-17-4-8-19(23)9-5-17/h4-11,21H,12-16,23H2,1-3H3. The predicted molar refractivity (Wildman–Crippen MR) is 107 cm³/mol. The van der Waals surface area contributed by atoms with E-state index in [9.17, 15) is 0 Å². The number of hydrogen-bond donors (Lipinski definition) is 1. The fourth-order valence-electron chi connectivity index (χ4n) is 3.04. The molecule has 0 bridgehead atoms. The third-order valence-electron chi connectivity index (χ3n) is 4.81. The van der Waals surface area contributed by atoms with Crippen LogP contribution < -0.4 is 10.5 Å². The van der Waals surface area contributed by atoms with Crippen LogP contribution in [0.15, 0.2) is 48.5 Å². The Balaban J connectivity index is 1.35. The zero-order chi connectivity index (χ0) is 18.6. The van der Waals surface area contributed by atoms with E-state index in [0.29, 0.717) is 19.3 Å². The van der Waals surface area contributed by atoms with E-state index in [4.69, 9.17) is 15.2 Å². The first-order valence-electron chi connectivity index (χ1n) is 9.33. The molecule has 1 heterocycles. The van der Waals surface area contributed by atoms with Crippen molar-refractivity contribution in [3.63, 3.8) is 0 Å². The van der Waals surface area contributed by atoms with E-state index >= 15 is 0 Å². The van der Waals surface area contributed by atoms with Crippen molar-refractivity contribution in [2.45, 2.75) is 38.8 Å². The Morgan fingerprint density at radius 3 is 2.08 bits per heavy atom. The number of benzene rings is 2. The van der Waals surface area contributed by atoms with Crippen LogP contribution in [-0.2, 0) is 11.2 Å². The van der Waals surface area contributed by atoms with Crippen LogP contribution in [0.1, 0.15) is 31.9 Å². The minimum Gasteiger partial charge on any atom is -0.491 e. The Kier molecular flexibility index (Phi) is 5.84. The molecular weight excluding hydrogens is 324 g/mol. The van der Waals surface area contributed by atoms with E-state index in [2.05, 4.69) is 49.9 Å². The Morgan fingerprint density at radius 1 is 0.923 bits per heavy atom. The van der Waals surface area contributed by atoms with Gasteiger partial charge in [-0.1, -0.05) is 24.3 Å². The van der Waals surface area contributed by atoms with Crippen LogP contribution in [0.3, 0.4) is 0 Å². The lowest BCUT2D eigenvalue weighted by Crippen LogP contribution is -2.59. The van der Waals surface area contributed by atoms with Crippen LogP contribution in [0, 0.1) is 0 Å². The third kappa shape index (κ3) is 5.23. The molecule has 1 saturated heterocycles. The van der Waals surface area contributed by atoms with Crippen molar-refractivity contribution in [1.29, 1.82) is 0 Å². The van der Waals surface area contributed by atoms with Crippen molar-refractivity contribution < 1.29 is 9.47 Å². The van der Waals surface area contributed by atoms with Gasteiger partial charge in [-0.05, 0) is 62.6 Å². The number of nitrogen functional groups attached to an aromatic ring is 1. The molecule has 0 atom stereocenters. The summed E-state index contributed by atoms with van der Waals surface area (Å²) in [5.74, 6) is 0.889. The molecule has 1 aliphatic heterocycles. The molecule has 4 heteroatoms. The number of hydrogen-bond acceptors (Lipinski definition) is 4. The van der Waals surface area contributed by atoms with Gasteiger partial charge < -0.3 is 15.2 Å². The Bertz CT molecular complexity index is 684. The molecule has 2 N–H and O–H groups in total. The molecule has 0 spiro atoms. The molecule has 2 aromatic carbocycles. The monoisotopic (exact) mass is 354 g/mol. The van der Waals surface area contributed by atoms with E-state index < -0.39 is 0 Å². The van der Waals surface area contributed by atoms with Gasteiger partial charge in [-0.2, -0.15) is 0 Å². The normalized spacial score (nSPS) is 15.7. The molecule has 4 nitrogen and oxygen atoms in total. The highest BCUT2D eigenvalue weighted by atomic mass is 16.5. The molecule has 1 fully saturated rings. The number of nitrogens with two attached hydrogens (primary N) is 1. The minimum absolute atomic E-state index is 0.241. The predicted octanol–water partition coefficient (Wildman–Crippen LogP) is 3.74. The maximum Gasteiger partial charge on any atom is 0.119 e. The van der Waals surface area contributed by atoms with Gasteiger partial charge in [0, 0.05) is 24.3 Å². The third-order valence-corrected chi connectivity index (χ3v) is 4.81. The van der Waals surface area contributed by atoms with Crippen molar-refractivity contribution >= 4 is 5.69 Å². The van der Waals surface area contributed by atoms with Crippen LogP contribution >= 0.6 is 0 Å². The average Bonchev–Trinajstić information content (AvgIpc) is 2.55. The summed E-state index contributed by atoms with van der Waals surface area (Å²) in [5.41, 5.74) is 9.28. The summed E-state index contributed by atoms with van der Waals surface area (Å²) in [6.07, 6.45) is 1.25. The summed E-state index contributed by atoms with van der Waals surface area (Å²) < 4.78 is 11.6. The molecule has 0 radical (unpaired) electrons. The number of likely N-dealkylation sites (tertiary alicyclic amines) is 1. The topological polar surface area (TPSA) is 47.7 Å². The van der Waals surface area contributed by atoms with Crippen molar-refractivity contribution in [3.05, 3.63) is 59.7 Å². The molecule has 0 saturated carbocycles.